The van der Waals surface area contributed by atoms with Crippen molar-refractivity contribution in [2.75, 3.05) is 37.8 Å². The molecule has 0 aliphatic heterocycles. The lowest BCUT2D eigenvalue weighted by Gasteiger charge is -2.23. The highest BCUT2D eigenvalue weighted by Gasteiger charge is 2.14. The molecule has 32 heavy (non-hydrogen) atoms. The van der Waals surface area contributed by atoms with Crippen LogP contribution in [0.5, 0.6) is 0 Å². The predicted molar refractivity (Wildman–Crippen MR) is 131 cm³/mol. The van der Waals surface area contributed by atoms with Gasteiger partial charge in [-0.25, -0.2) is 9.59 Å². The molecule has 6 nitrogen and oxygen atoms in total. The van der Waals surface area contributed by atoms with Gasteiger partial charge in [0.05, 0.1) is 11.4 Å². The van der Waals surface area contributed by atoms with Crippen LogP contribution in [-0.4, -0.2) is 49.0 Å². The van der Waals surface area contributed by atoms with Crippen molar-refractivity contribution in [1.29, 1.82) is 0 Å². The van der Waals surface area contributed by atoms with Crippen LogP contribution < -0.4 is 10.6 Å². The van der Waals surface area contributed by atoms with E-state index in [1.807, 2.05) is 84.9 Å². The smallest absolute Gasteiger partial charge is 0.321 e. The number of hydrogen-bond donors (Lipinski definition) is 2. The van der Waals surface area contributed by atoms with Gasteiger partial charge in [-0.05, 0) is 22.9 Å². The lowest BCUT2D eigenvalue weighted by molar-refractivity contribution is 0.205. The first-order valence-electron chi connectivity index (χ1n) is 10.5. The summed E-state index contributed by atoms with van der Waals surface area (Å²) in [4.78, 5) is 28.5. The summed E-state index contributed by atoms with van der Waals surface area (Å²) in [6.45, 7) is 0.798. The van der Waals surface area contributed by atoms with Crippen molar-refractivity contribution in [3.8, 4) is 0 Å². The van der Waals surface area contributed by atoms with E-state index < -0.39 is 0 Å². The summed E-state index contributed by atoms with van der Waals surface area (Å²) < 4.78 is 0. The van der Waals surface area contributed by atoms with Crippen LogP contribution in [0.1, 0.15) is 0 Å². The Morgan fingerprint density at radius 2 is 0.969 bits per heavy atom. The zero-order valence-corrected chi connectivity index (χ0v) is 18.2. The summed E-state index contributed by atoms with van der Waals surface area (Å²) in [5.74, 6) is 0. The van der Waals surface area contributed by atoms with Gasteiger partial charge in [0.1, 0.15) is 0 Å². The van der Waals surface area contributed by atoms with Crippen LogP contribution in [0.25, 0.3) is 21.5 Å². The molecule has 0 spiro atoms. The highest BCUT2D eigenvalue weighted by Crippen LogP contribution is 2.24. The number of anilines is 2. The molecule has 4 amide bonds. The fourth-order valence-corrected chi connectivity index (χ4v) is 3.59. The van der Waals surface area contributed by atoms with Gasteiger partial charge < -0.3 is 20.4 Å². The Morgan fingerprint density at radius 3 is 1.41 bits per heavy atom. The van der Waals surface area contributed by atoms with Gasteiger partial charge in [0, 0.05) is 38.0 Å². The zero-order chi connectivity index (χ0) is 22.5. The van der Waals surface area contributed by atoms with Crippen molar-refractivity contribution in [3.63, 3.8) is 0 Å². The number of carbonyl (C=O) groups is 2. The lowest BCUT2D eigenvalue weighted by atomic mass is 10.1. The Balaban J connectivity index is 1.34. The predicted octanol–water partition coefficient (Wildman–Crippen LogP) is 5.62. The molecule has 162 valence electrons. The van der Waals surface area contributed by atoms with Crippen molar-refractivity contribution < 1.29 is 9.59 Å². The summed E-state index contributed by atoms with van der Waals surface area (Å²) in [6.07, 6.45) is 0. The molecule has 4 aromatic carbocycles. The standard InChI is InChI=1S/C26H26N4O2/c1-29(25(31)27-23-15-7-11-19-9-3-5-13-21(19)23)17-18-30(2)26(32)28-24-16-8-12-20-10-4-6-14-22(20)24/h3-16H,17-18H2,1-2H3,(H,27,31)(H,28,32). The SMILES string of the molecule is CN(CCN(C)C(=O)Nc1cccc2ccccc12)C(=O)Nc1cccc2ccccc12. The number of likely N-dealkylation sites (N-methyl/N-ethyl adjacent to an activating group) is 2. The molecule has 0 atom stereocenters. The first-order chi connectivity index (χ1) is 15.5. The van der Waals surface area contributed by atoms with E-state index in [1.165, 1.54) is 0 Å². The summed E-state index contributed by atoms with van der Waals surface area (Å²) in [7, 11) is 3.44. The monoisotopic (exact) mass is 426 g/mol. The number of nitrogens with one attached hydrogen (secondary N) is 2. The minimum absolute atomic E-state index is 0.218. The van der Waals surface area contributed by atoms with Crippen molar-refractivity contribution in [2.24, 2.45) is 0 Å². The maximum atomic E-state index is 12.7. The fraction of sp³-hybridized carbons (Fsp3) is 0.154. The molecule has 0 aliphatic carbocycles. The van der Waals surface area contributed by atoms with Crippen LogP contribution in [0, 0.1) is 0 Å². The summed E-state index contributed by atoms with van der Waals surface area (Å²) in [5, 5.41) is 10.0. The quantitative estimate of drug-likeness (QED) is 0.435. The first kappa shape index (κ1) is 21.2. The van der Waals surface area contributed by atoms with Crippen molar-refractivity contribution in [1.82, 2.24) is 9.80 Å². The number of urea groups is 2. The van der Waals surface area contributed by atoms with E-state index in [2.05, 4.69) is 10.6 Å². The molecule has 0 saturated heterocycles. The molecule has 4 aromatic rings. The van der Waals surface area contributed by atoms with Crippen molar-refractivity contribution in [3.05, 3.63) is 84.9 Å². The molecule has 0 radical (unpaired) electrons. The van der Waals surface area contributed by atoms with E-state index in [0.717, 1.165) is 32.9 Å². The maximum Gasteiger partial charge on any atom is 0.321 e. The van der Waals surface area contributed by atoms with Gasteiger partial charge in [0.25, 0.3) is 0 Å². The number of amides is 4. The van der Waals surface area contributed by atoms with Crippen molar-refractivity contribution >= 4 is 45.0 Å². The molecular formula is C26H26N4O2. The second-order valence-corrected chi connectivity index (χ2v) is 7.76. The van der Waals surface area contributed by atoms with Gasteiger partial charge in [0.2, 0.25) is 0 Å². The Bertz CT molecular complexity index is 1160. The average Bonchev–Trinajstić information content (AvgIpc) is 2.82. The number of benzene rings is 4. The third-order valence-corrected chi connectivity index (χ3v) is 5.53. The number of rotatable bonds is 5. The Kier molecular flexibility index (Phi) is 6.22. The van der Waals surface area contributed by atoms with E-state index in [0.29, 0.717) is 13.1 Å². The van der Waals surface area contributed by atoms with Crippen LogP contribution in [0.15, 0.2) is 84.9 Å². The fourth-order valence-electron chi connectivity index (χ4n) is 3.59. The highest BCUT2D eigenvalue weighted by molar-refractivity contribution is 6.02. The zero-order valence-electron chi connectivity index (χ0n) is 18.2. The van der Waals surface area contributed by atoms with Crippen LogP contribution in [0.4, 0.5) is 21.0 Å². The van der Waals surface area contributed by atoms with Crippen LogP contribution in [-0.2, 0) is 0 Å². The van der Waals surface area contributed by atoms with Crippen LogP contribution >= 0.6 is 0 Å². The molecule has 0 saturated carbocycles. The van der Waals surface area contributed by atoms with E-state index in [1.54, 1.807) is 23.9 Å². The Morgan fingerprint density at radius 1 is 0.594 bits per heavy atom. The van der Waals surface area contributed by atoms with Crippen LogP contribution in [0.3, 0.4) is 0 Å². The summed E-state index contributed by atoms with van der Waals surface area (Å²) >= 11 is 0. The molecule has 6 heteroatoms. The molecular weight excluding hydrogens is 400 g/mol. The highest BCUT2D eigenvalue weighted by atomic mass is 16.2. The Labute approximate surface area is 187 Å². The third-order valence-electron chi connectivity index (χ3n) is 5.53. The van der Waals surface area contributed by atoms with Gasteiger partial charge in [-0.3, -0.25) is 0 Å². The van der Waals surface area contributed by atoms with E-state index in [-0.39, 0.29) is 12.1 Å². The number of fused-ring (bicyclic) bond motifs is 2. The number of carbonyl (C=O) groups excluding carboxylic acids is 2. The van der Waals surface area contributed by atoms with E-state index in [9.17, 15) is 9.59 Å². The second-order valence-electron chi connectivity index (χ2n) is 7.76. The lowest BCUT2D eigenvalue weighted by Crippen LogP contribution is -2.40. The van der Waals surface area contributed by atoms with Crippen LogP contribution in [0.2, 0.25) is 0 Å². The number of nitrogens with zero attached hydrogens (tertiary/aromatic N) is 2. The minimum Gasteiger partial charge on any atom is -0.326 e. The molecule has 0 fully saturated rings. The Hall–Kier alpha value is -4.06. The van der Waals surface area contributed by atoms with Gasteiger partial charge >= 0.3 is 12.1 Å². The van der Waals surface area contributed by atoms with Gasteiger partial charge in [-0.15, -0.1) is 0 Å². The molecule has 4 rings (SSSR count). The molecule has 2 N–H and O–H groups in total. The van der Waals surface area contributed by atoms with Crippen molar-refractivity contribution in [2.45, 2.75) is 0 Å². The topological polar surface area (TPSA) is 64.7 Å². The normalized spacial score (nSPS) is 10.7. The summed E-state index contributed by atoms with van der Waals surface area (Å²) in [5.41, 5.74) is 1.53. The van der Waals surface area contributed by atoms with E-state index in [4.69, 9.17) is 0 Å². The van der Waals surface area contributed by atoms with E-state index >= 15 is 0 Å². The van der Waals surface area contributed by atoms with Gasteiger partial charge in [-0.1, -0.05) is 72.8 Å². The molecule has 0 aliphatic rings. The maximum absolute atomic E-state index is 12.7. The minimum atomic E-state index is -0.218. The second kappa shape index (κ2) is 9.39. The molecule has 0 bridgehead atoms. The van der Waals surface area contributed by atoms with Gasteiger partial charge in [0.15, 0.2) is 0 Å². The molecule has 0 heterocycles. The van der Waals surface area contributed by atoms with Gasteiger partial charge in [-0.2, -0.15) is 0 Å². The number of hydrogen-bond acceptors (Lipinski definition) is 2. The third kappa shape index (κ3) is 4.64. The summed E-state index contributed by atoms with van der Waals surface area (Å²) in [6, 6.07) is 27.0. The molecule has 0 unspecified atom stereocenters. The largest absolute Gasteiger partial charge is 0.326 e. The average molecular weight is 427 g/mol. The first-order valence-corrected chi connectivity index (χ1v) is 10.5. The molecule has 0 aromatic heterocycles.